The zero-order valence-electron chi connectivity index (χ0n) is 9.91. The van der Waals surface area contributed by atoms with Gasteiger partial charge in [0.05, 0.1) is 0 Å². The van der Waals surface area contributed by atoms with Gasteiger partial charge in [-0.25, -0.2) is 0 Å². The van der Waals surface area contributed by atoms with Crippen LogP contribution in [0.15, 0.2) is 23.1 Å². The van der Waals surface area contributed by atoms with E-state index in [9.17, 15) is 0 Å². The van der Waals surface area contributed by atoms with Gasteiger partial charge in [-0.15, -0.1) is 11.8 Å². The van der Waals surface area contributed by atoms with Crippen LogP contribution in [0.2, 0.25) is 0 Å². The third-order valence-corrected chi connectivity index (χ3v) is 4.44. The molecule has 0 aromatic heterocycles. The van der Waals surface area contributed by atoms with Crippen LogP contribution in [0.5, 0.6) is 0 Å². The summed E-state index contributed by atoms with van der Waals surface area (Å²) in [5.74, 6) is 1.02. The predicted octanol–water partition coefficient (Wildman–Crippen LogP) is 3.18. The van der Waals surface area contributed by atoms with Crippen molar-refractivity contribution in [1.82, 2.24) is 4.90 Å². The number of benzene rings is 1. The van der Waals surface area contributed by atoms with Crippen molar-refractivity contribution < 1.29 is 0 Å². The van der Waals surface area contributed by atoms with Crippen LogP contribution in [0, 0.1) is 5.92 Å². The number of hydrogen-bond acceptors (Lipinski definition) is 2. The first-order valence-electron chi connectivity index (χ1n) is 6.23. The molecule has 0 atom stereocenters. The van der Waals surface area contributed by atoms with Gasteiger partial charge in [-0.2, -0.15) is 0 Å². The Bertz CT molecular complexity index is 384. The summed E-state index contributed by atoms with van der Waals surface area (Å²) in [5, 5.41) is 0. The third-order valence-electron chi connectivity index (χ3n) is 3.72. The fraction of sp³-hybridized carbons (Fsp3) is 0.571. The molecule has 1 aliphatic heterocycles. The van der Waals surface area contributed by atoms with Crippen LogP contribution in [0.3, 0.4) is 0 Å². The highest BCUT2D eigenvalue weighted by atomic mass is 32.2. The molecular formula is C14H19NS. The monoisotopic (exact) mass is 233 g/mol. The van der Waals surface area contributed by atoms with E-state index in [4.69, 9.17) is 0 Å². The van der Waals surface area contributed by atoms with E-state index in [2.05, 4.69) is 29.4 Å². The molecule has 1 aromatic carbocycles. The van der Waals surface area contributed by atoms with Gasteiger partial charge in [0, 0.05) is 24.5 Å². The average molecular weight is 233 g/mol. The van der Waals surface area contributed by atoms with Crippen molar-refractivity contribution in [2.75, 3.05) is 19.3 Å². The van der Waals surface area contributed by atoms with Gasteiger partial charge in [-0.1, -0.05) is 6.07 Å². The first-order valence-corrected chi connectivity index (χ1v) is 7.46. The molecule has 0 radical (unpaired) electrons. The lowest BCUT2D eigenvalue weighted by molar-refractivity contribution is 0.244. The standard InChI is InChI=1S/C14H19NS/c1-16-14-5-4-13-10-15(9-11-2-3-11)7-6-12(13)8-14/h4-5,8,11H,2-3,6-7,9-10H2,1H3. The lowest BCUT2D eigenvalue weighted by Crippen LogP contribution is -2.32. The Balaban J connectivity index is 1.73. The second kappa shape index (κ2) is 4.42. The van der Waals surface area contributed by atoms with Crippen LogP contribution in [0.4, 0.5) is 0 Å². The molecule has 1 heterocycles. The summed E-state index contributed by atoms with van der Waals surface area (Å²) in [6.07, 6.45) is 6.34. The Morgan fingerprint density at radius 3 is 2.94 bits per heavy atom. The molecule has 1 nitrogen and oxygen atoms in total. The van der Waals surface area contributed by atoms with Crippen molar-refractivity contribution >= 4 is 11.8 Å². The molecule has 0 bridgehead atoms. The third kappa shape index (κ3) is 2.28. The van der Waals surface area contributed by atoms with Gasteiger partial charge in [0.2, 0.25) is 0 Å². The Morgan fingerprint density at radius 2 is 2.19 bits per heavy atom. The van der Waals surface area contributed by atoms with E-state index in [1.165, 1.54) is 43.8 Å². The molecule has 1 saturated carbocycles. The minimum atomic E-state index is 1.02. The molecule has 86 valence electrons. The van der Waals surface area contributed by atoms with E-state index in [-0.39, 0.29) is 0 Å². The second-order valence-corrected chi connectivity index (χ2v) is 5.94. The molecular weight excluding hydrogens is 214 g/mol. The first-order chi connectivity index (χ1) is 7.85. The summed E-state index contributed by atoms with van der Waals surface area (Å²) >= 11 is 1.85. The molecule has 2 aliphatic rings. The fourth-order valence-electron chi connectivity index (χ4n) is 2.54. The van der Waals surface area contributed by atoms with Gasteiger partial charge < -0.3 is 0 Å². The number of rotatable bonds is 3. The predicted molar refractivity (Wildman–Crippen MR) is 69.9 cm³/mol. The highest BCUT2D eigenvalue weighted by molar-refractivity contribution is 7.98. The summed E-state index contributed by atoms with van der Waals surface area (Å²) in [6, 6.07) is 6.98. The van der Waals surface area contributed by atoms with Crippen LogP contribution in [-0.4, -0.2) is 24.2 Å². The minimum absolute atomic E-state index is 1.02. The summed E-state index contributed by atoms with van der Waals surface area (Å²) < 4.78 is 0. The maximum Gasteiger partial charge on any atom is 0.0236 e. The normalized spacial score (nSPS) is 20.8. The van der Waals surface area contributed by atoms with E-state index in [0.29, 0.717) is 0 Å². The molecule has 0 N–H and O–H groups in total. The van der Waals surface area contributed by atoms with Gasteiger partial charge in [0.15, 0.2) is 0 Å². The quantitative estimate of drug-likeness (QED) is 0.738. The Hall–Kier alpha value is -0.470. The van der Waals surface area contributed by atoms with Gasteiger partial charge in [-0.05, 0) is 54.7 Å². The average Bonchev–Trinajstić information content (AvgIpc) is 3.12. The first kappa shape index (κ1) is 10.7. The summed E-state index contributed by atoms with van der Waals surface area (Å²) in [6.45, 7) is 3.78. The van der Waals surface area contributed by atoms with E-state index in [1.54, 1.807) is 11.1 Å². The van der Waals surface area contributed by atoms with E-state index < -0.39 is 0 Å². The molecule has 2 heteroatoms. The molecule has 0 unspecified atom stereocenters. The maximum atomic E-state index is 2.64. The van der Waals surface area contributed by atoms with Gasteiger partial charge in [0.25, 0.3) is 0 Å². The molecule has 1 fully saturated rings. The fourth-order valence-corrected chi connectivity index (χ4v) is 3.00. The Kier molecular flexibility index (Phi) is 2.95. The summed E-state index contributed by atoms with van der Waals surface area (Å²) in [4.78, 5) is 4.05. The van der Waals surface area contributed by atoms with Crippen LogP contribution >= 0.6 is 11.8 Å². The highest BCUT2D eigenvalue weighted by Crippen LogP contribution is 2.32. The SMILES string of the molecule is CSc1ccc2c(c1)CCN(CC1CC1)C2. The zero-order valence-corrected chi connectivity index (χ0v) is 10.7. The molecule has 0 spiro atoms. The number of thioether (sulfide) groups is 1. The molecule has 3 rings (SSSR count). The molecule has 0 amide bonds. The number of nitrogens with zero attached hydrogens (tertiary/aromatic N) is 1. The van der Waals surface area contributed by atoms with Crippen molar-refractivity contribution in [1.29, 1.82) is 0 Å². The smallest absolute Gasteiger partial charge is 0.0236 e. The van der Waals surface area contributed by atoms with Crippen LogP contribution in [-0.2, 0) is 13.0 Å². The van der Waals surface area contributed by atoms with Crippen LogP contribution in [0.25, 0.3) is 0 Å². The molecule has 0 saturated heterocycles. The Morgan fingerprint density at radius 1 is 1.31 bits per heavy atom. The van der Waals surface area contributed by atoms with Gasteiger partial charge >= 0.3 is 0 Å². The van der Waals surface area contributed by atoms with Crippen molar-refractivity contribution in [2.24, 2.45) is 5.92 Å². The van der Waals surface area contributed by atoms with Crippen LogP contribution in [0.1, 0.15) is 24.0 Å². The van der Waals surface area contributed by atoms with Gasteiger partial charge in [-0.3, -0.25) is 4.90 Å². The number of fused-ring (bicyclic) bond motifs is 1. The Labute approximate surface area is 102 Å². The second-order valence-electron chi connectivity index (χ2n) is 5.06. The molecule has 1 aromatic rings. The van der Waals surface area contributed by atoms with Crippen molar-refractivity contribution in [3.8, 4) is 0 Å². The number of hydrogen-bond donors (Lipinski definition) is 0. The van der Waals surface area contributed by atoms with Crippen molar-refractivity contribution in [3.63, 3.8) is 0 Å². The lowest BCUT2D eigenvalue weighted by Gasteiger charge is -2.29. The van der Waals surface area contributed by atoms with E-state index in [0.717, 1.165) is 5.92 Å². The summed E-state index contributed by atoms with van der Waals surface area (Å²) in [5.41, 5.74) is 3.14. The maximum absolute atomic E-state index is 2.64. The van der Waals surface area contributed by atoms with E-state index >= 15 is 0 Å². The summed E-state index contributed by atoms with van der Waals surface area (Å²) in [7, 11) is 0. The van der Waals surface area contributed by atoms with Crippen LogP contribution < -0.4 is 0 Å². The largest absolute Gasteiger partial charge is 0.298 e. The minimum Gasteiger partial charge on any atom is -0.298 e. The highest BCUT2D eigenvalue weighted by Gasteiger charge is 2.26. The topological polar surface area (TPSA) is 3.24 Å². The van der Waals surface area contributed by atoms with Gasteiger partial charge in [0.1, 0.15) is 0 Å². The molecule has 1 aliphatic carbocycles. The lowest BCUT2D eigenvalue weighted by atomic mass is 10.00. The van der Waals surface area contributed by atoms with Crippen molar-refractivity contribution in [2.45, 2.75) is 30.7 Å². The molecule has 16 heavy (non-hydrogen) atoms. The van der Waals surface area contributed by atoms with E-state index in [1.807, 2.05) is 11.8 Å². The van der Waals surface area contributed by atoms with Crippen molar-refractivity contribution in [3.05, 3.63) is 29.3 Å². The zero-order chi connectivity index (χ0) is 11.0.